The summed E-state index contributed by atoms with van der Waals surface area (Å²) in [5, 5.41) is 3.43. The molecule has 0 amide bonds. The van der Waals surface area contributed by atoms with Gasteiger partial charge in [0.15, 0.2) is 0 Å². The standard InChI is InChI=1S/C10H11Br2ClN2/c11-7-4-8(12)9(14-5-7)15-10(6-13)2-1-3-10/h4-5H,1-3,6H2,(H,14,15). The van der Waals surface area contributed by atoms with Crippen molar-refractivity contribution < 1.29 is 0 Å². The van der Waals surface area contributed by atoms with Crippen LogP contribution in [0.3, 0.4) is 0 Å². The first-order valence-corrected chi connectivity index (χ1v) is 6.92. The average Bonchev–Trinajstić information content (AvgIpc) is 2.14. The van der Waals surface area contributed by atoms with Crippen LogP contribution in [0.2, 0.25) is 0 Å². The molecule has 15 heavy (non-hydrogen) atoms. The largest absolute Gasteiger partial charge is 0.362 e. The number of halogens is 3. The molecule has 1 aliphatic carbocycles. The van der Waals surface area contributed by atoms with Gasteiger partial charge in [0, 0.05) is 16.5 Å². The van der Waals surface area contributed by atoms with Gasteiger partial charge in [0.1, 0.15) is 5.82 Å². The second-order valence-corrected chi connectivity index (χ2v) is 5.91. The Morgan fingerprint density at radius 2 is 2.20 bits per heavy atom. The molecule has 1 aromatic heterocycles. The molecule has 5 heteroatoms. The molecule has 1 aromatic rings. The monoisotopic (exact) mass is 352 g/mol. The van der Waals surface area contributed by atoms with E-state index in [0.717, 1.165) is 27.6 Å². The Morgan fingerprint density at radius 3 is 2.67 bits per heavy atom. The average molecular weight is 354 g/mol. The highest BCUT2D eigenvalue weighted by Gasteiger charge is 2.36. The van der Waals surface area contributed by atoms with Crippen LogP contribution in [0.4, 0.5) is 5.82 Å². The predicted octanol–water partition coefficient (Wildman–Crippen LogP) is 4.18. The molecule has 1 heterocycles. The van der Waals surface area contributed by atoms with Crippen LogP contribution in [0, 0.1) is 0 Å². The number of aromatic nitrogens is 1. The van der Waals surface area contributed by atoms with E-state index in [1.165, 1.54) is 6.42 Å². The van der Waals surface area contributed by atoms with Crippen LogP contribution in [0.5, 0.6) is 0 Å². The van der Waals surface area contributed by atoms with Gasteiger partial charge in [-0.2, -0.15) is 0 Å². The molecular weight excluding hydrogens is 343 g/mol. The van der Waals surface area contributed by atoms with Crippen LogP contribution < -0.4 is 5.32 Å². The molecule has 0 bridgehead atoms. The van der Waals surface area contributed by atoms with Crippen molar-refractivity contribution in [3.8, 4) is 0 Å². The lowest BCUT2D eigenvalue weighted by Crippen LogP contribution is -2.47. The van der Waals surface area contributed by atoms with Crippen molar-refractivity contribution in [1.29, 1.82) is 0 Å². The zero-order valence-electron chi connectivity index (χ0n) is 8.06. The van der Waals surface area contributed by atoms with Gasteiger partial charge in [-0.3, -0.25) is 0 Å². The zero-order valence-corrected chi connectivity index (χ0v) is 12.0. The van der Waals surface area contributed by atoms with E-state index in [2.05, 4.69) is 42.2 Å². The van der Waals surface area contributed by atoms with Gasteiger partial charge in [0.2, 0.25) is 0 Å². The van der Waals surface area contributed by atoms with E-state index in [4.69, 9.17) is 11.6 Å². The highest BCUT2D eigenvalue weighted by molar-refractivity contribution is 9.11. The first-order valence-electron chi connectivity index (χ1n) is 4.80. The molecule has 1 fully saturated rings. The van der Waals surface area contributed by atoms with Crippen LogP contribution in [0.25, 0.3) is 0 Å². The lowest BCUT2D eigenvalue weighted by Gasteiger charge is -2.41. The van der Waals surface area contributed by atoms with Crippen LogP contribution in [0.1, 0.15) is 19.3 Å². The topological polar surface area (TPSA) is 24.9 Å². The number of alkyl halides is 1. The Morgan fingerprint density at radius 1 is 1.47 bits per heavy atom. The molecule has 1 aliphatic rings. The summed E-state index contributed by atoms with van der Waals surface area (Å²) in [4.78, 5) is 4.33. The summed E-state index contributed by atoms with van der Waals surface area (Å²) in [6.45, 7) is 0. The van der Waals surface area contributed by atoms with Gasteiger partial charge < -0.3 is 5.32 Å². The fraction of sp³-hybridized carbons (Fsp3) is 0.500. The number of pyridine rings is 1. The molecule has 0 unspecified atom stereocenters. The molecule has 0 aliphatic heterocycles. The normalized spacial score (nSPS) is 18.3. The van der Waals surface area contributed by atoms with Gasteiger partial charge >= 0.3 is 0 Å². The molecule has 1 N–H and O–H groups in total. The number of rotatable bonds is 3. The van der Waals surface area contributed by atoms with Gasteiger partial charge in [-0.25, -0.2) is 4.98 Å². The minimum absolute atomic E-state index is 0.0604. The molecule has 0 atom stereocenters. The maximum atomic E-state index is 5.98. The summed E-state index contributed by atoms with van der Waals surface area (Å²) in [6, 6.07) is 1.98. The van der Waals surface area contributed by atoms with Crippen molar-refractivity contribution in [1.82, 2.24) is 4.98 Å². The molecule has 0 spiro atoms. The minimum atomic E-state index is 0.0604. The Hall–Kier alpha value is 0.200. The molecule has 0 aromatic carbocycles. The maximum Gasteiger partial charge on any atom is 0.140 e. The van der Waals surface area contributed by atoms with E-state index in [1.54, 1.807) is 6.20 Å². The second-order valence-electron chi connectivity index (χ2n) is 3.88. The van der Waals surface area contributed by atoms with Gasteiger partial charge in [0.05, 0.1) is 10.0 Å². The Kier molecular flexibility index (Phi) is 3.58. The van der Waals surface area contributed by atoms with Gasteiger partial charge in [-0.1, -0.05) is 0 Å². The lowest BCUT2D eigenvalue weighted by molar-refractivity contribution is 0.310. The van der Waals surface area contributed by atoms with Crippen LogP contribution in [0.15, 0.2) is 21.2 Å². The first-order chi connectivity index (χ1) is 7.15. The van der Waals surface area contributed by atoms with Gasteiger partial charge in [-0.05, 0) is 57.2 Å². The second kappa shape index (κ2) is 4.60. The van der Waals surface area contributed by atoms with E-state index in [0.29, 0.717) is 5.88 Å². The summed E-state index contributed by atoms with van der Waals surface area (Å²) in [7, 11) is 0. The third kappa shape index (κ3) is 2.48. The fourth-order valence-electron chi connectivity index (χ4n) is 1.65. The van der Waals surface area contributed by atoms with E-state index < -0.39 is 0 Å². The van der Waals surface area contributed by atoms with Crippen molar-refractivity contribution in [2.45, 2.75) is 24.8 Å². The SMILES string of the molecule is ClCC1(Nc2ncc(Br)cc2Br)CCC1. The van der Waals surface area contributed by atoms with Crippen LogP contribution in [-0.4, -0.2) is 16.4 Å². The van der Waals surface area contributed by atoms with Crippen LogP contribution in [-0.2, 0) is 0 Å². The number of hydrogen-bond donors (Lipinski definition) is 1. The summed E-state index contributed by atoms with van der Waals surface area (Å²) >= 11 is 12.8. The van der Waals surface area contributed by atoms with E-state index in [9.17, 15) is 0 Å². The highest BCUT2D eigenvalue weighted by atomic mass is 79.9. The van der Waals surface area contributed by atoms with Crippen LogP contribution >= 0.6 is 43.5 Å². The number of nitrogens with one attached hydrogen (secondary N) is 1. The van der Waals surface area contributed by atoms with Gasteiger partial charge in [0.25, 0.3) is 0 Å². The molecule has 2 rings (SSSR count). The molecule has 0 saturated heterocycles. The number of nitrogens with zero attached hydrogens (tertiary/aromatic N) is 1. The van der Waals surface area contributed by atoms with E-state index in [1.807, 2.05) is 6.07 Å². The van der Waals surface area contributed by atoms with Crippen molar-refractivity contribution in [2.24, 2.45) is 0 Å². The Bertz CT molecular complexity index is 361. The molecule has 2 nitrogen and oxygen atoms in total. The minimum Gasteiger partial charge on any atom is -0.362 e. The third-order valence-electron chi connectivity index (χ3n) is 2.76. The maximum absolute atomic E-state index is 5.98. The molecular formula is C10H11Br2ClN2. The zero-order chi connectivity index (χ0) is 10.9. The van der Waals surface area contributed by atoms with E-state index in [-0.39, 0.29) is 5.54 Å². The first kappa shape index (κ1) is 11.7. The summed E-state index contributed by atoms with van der Waals surface area (Å²) in [6.07, 6.45) is 5.28. The van der Waals surface area contributed by atoms with Crippen molar-refractivity contribution >= 4 is 49.3 Å². The summed E-state index contributed by atoms with van der Waals surface area (Å²) in [5.74, 6) is 1.51. The fourth-order valence-corrected chi connectivity index (χ4v) is 3.07. The Balaban J connectivity index is 2.16. The third-order valence-corrected chi connectivity index (χ3v) is 4.31. The smallest absolute Gasteiger partial charge is 0.140 e. The van der Waals surface area contributed by atoms with Crippen molar-refractivity contribution in [2.75, 3.05) is 11.2 Å². The van der Waals surface area contributed by atoms with Gasteiger partial charge in [-0.15, -0.1) is 11.6 Å². The summed E-state index contributed by atoms with van der Waals surface area (Å²) < 4.78 is 1.93. The lowest BCUT2D eigenvalue weighted by atomic mass is 9.78. The molecule has 1 saturated carbocycles. The predicted molar refractivity (Wildman–Crippen MR) is 70.6 cm³/mol. The van der Waals surface area contributed by atoms with Crippen molar-refractivity contribution in [3.63, 3.8) is 0 Å². The quantitative estimate of drug-likeness (QED) is 0.824. The van der Waals surface area contributed by atoms with Crippen molar-refractivity contribution in [3.05, 3.63) is 21.2 Å². The Labute approximate surface area is 111 Å². The number of hydrogen-bond acceptors (Lipinski definition) is 2. The summed E-state index contributed by atoms with van der Waals surface area (Å²) in [5.41, 5.74) is 0.0604. The molecule has 0 radical (unpaired) electrons. The molecule has 82 valence electrons. The number of anilines is 1. The van der Waals surface area contributed by atoms with E-state index >= 15 is 0 Å². The highest BCUT2D eigenvalue weighted by Crippen LogP contribution is 2.37.